The number of ether oxygens (including phenoxy) is 1. The Balaban J connectivity index is 0.00000176. The van der Waals surface area contributed by atoms with Crippen LogP contribution in [0.5, 0.6) is 5.75 Å². The number of anilines is 1. The molecule has 4 rings (SSSR count). The molecule has 7 nitrogen and oxygen atoms in total. The van der Waals surface area contributed by atoms with Crippen LogP contribution in [0.15, 0.2) is 30.3 Å². The van der Waals surface area contributed by atoms with Crippen molar-refractivity contribution in [1.82, 2.24) is 14.8 Å². The summed E-state index contributed by atoms with van der Waals surface area (Å²) in [6.07, 6.45) is -5.06. The number of nitrogens with one attached hydrogen (secondary N) is 1. The second kappa shape index (κ2) is 11.4. The monoisotopic (exact) mass is 542 g/mol. The summed E-state index contributed by atoms with van der Waals surface area (Å²) in [5.41, 5.74) is 0.0179. The van der Waals surface area contributed by atoms with E-state index >= 15 is 0 Å². The minimum absolute atomic E-state index is 0.0164. The number of likely N-dealkylation sites (N-methyl/N-ethyl adjacent to an activating group) is 1. The third-order valence-electron chi connectivity index (χ3n) is 5.37. The van der Waals surface area contributed by atoms with Gasteiger partial charge in [0.1, 0.15) is 5.75 Å². The summed E-state index contributed by atoms with van der Waals surface area (Å²) in [4.78, 5) is 33.6. The number of thiazole rings is 1. The van der Waals surface area contributed by atoms with Crippen molar-refractivity contribution in [2.75, 3.05) is 38.5 Å². The summed E-state index contributed by atoms with van der Waals surface area (Å²) < 4.78 is 44.8. The SMILES string of the molecule is CC.Cc1cc(Cl)cc(C(=O)Nc2nc3ccc(C(F)(F)F)cc3s2)c1OC(=O)N1CCN(C)CC1. The molecule has 3 aromatic rings. The topological polar surface area (TPSA) is 74.8 Å². The number of rotatable bonds is 3. The Morgan fingerprint density at radius 3 is 2.42 bits per heavy atom. The van der Waals surface area contributed by atoms with Crippen molar-refractivity contribution in [3.63, 3.8) is 0 Å². The number of alkyl halides is 3. The van der Waals surface area contributed by atoms with Gasteiger partial charge in [0.2, 0.25) is 0 Å². The number of aromatic nitrogens is 1. The first kappa shape index (κ1) is 27.7. The standard InChI is InChI=1S/C22H20ClF3N4O3S.C2H6/c1-12-9-14(23)11-15(18(12)33-21(32)30-7-5-29(2)6-8-30)19(31)28-20-27-16-4-3-13(22(24,25)26)10-17(16)34-20;1-2/h3-4,9-11H,5-8H2,1-2H3,(H,27,28,31);1-2H3. The number of benzene rings is 2. The fourth-order valence-corrected chi connectivity index (χ4v) is 4.67. The van der Waals surface area contributed by atoms with Crippen LogP contribution < -0.4 is 10.1 Å². The highest BCUT2D eigenvalue weighted by Crippen LogP contribution is 2.35. The van der Waals surface area contributed by atoms with Crippen LogP contribution in [0, 0.1) is 6.92 Å². The van der Waals surface area contributed by atoms with Crippen molar-refractivity contribution in [2.24, 2.45) is 0 Å². The lowest BCUT2D eigenvalue weighted by Crippen LogP contribution is -2.48. The van der Waals surface area contributed by atoms with E-state index in [0.29, 0.717) is 37.3 Å². The molecule has 0 atom stereocenters. The molecule has 1 saturated heterocycles. The summed E-state index contributed by atoms with van der Waals surface area (Å²) in [6.45, 7) is 8.06. The lowest BCUT2D eigenvalue weighted by molar-refractivity contribution is -0.137. The molecule has 2 aromatic carbocycles. The van der Waals surface area contributed by atoms with Gasteiger partial charge in [0.15, 0.2) is 5.13 Å². The highest BCUT2D eigenvalue weighted by atomic mass is 35.5. The van der Waals surface area contributed by atoms with Crippen LogP contribution in [0.4, 0.5) is 23.1 Å². The summed E-state index contributed by atoms with van der Waals surface area (Å²) in [5.74, 6) is -0.590. The number of carbonyl (C=O) groups excluding carboxylic acids is 2. The fraction of sp³-hybridized carbons (Fsp3) is 0.375. The zero-order valence-electron chi connectivity index (χ0n) is 20.2. The predicted molar refractivity (Wildman–Crippen MR) is 135 cm³/mol. The van der Waals surface area contributed by atoms with Gasteiger partial charge < -0.3 is 14.5 Å². The maximum absolute atomic E-state index is 13.0. The van der Waals surface area contributed by atoms with Crippen LogP contribution in [0.2, 0.25) is 5.02 Å². The molecule has 1 aliphatic heterocycles. The van der Waals surface area contributed by atoms with Crippen molar-refractivity contribution in [3.8, 4) is 5.75 Å². The number of carbonyl (C=O) groups is 2. The molecule has 0 aliphatic carbocycles. The van der Waals surface area contributed by atoms with E-state index < -0.39 is 23.7 Å². The number of piperazine rings is 1. The third kappa shape index (κ3) is 6.45. The third-order valence-corrected chi connectivity index (χ3v) is 6.52. The molecular formula is C24H26ClF3N4O3S. The van der Waals surface area contributed by atoms with E-state index in [0.717, 1.165) is 23.5 Å². The van der Waals surface area contributed by atoms with Crippen molar-refractivity contribution in [1.29, 1.82) is 0 Å². The number of fused-ring (bicyclic) bond motifs is 1. The Hall–Kier alpha value is -2.89. The van der Waals surface area contributed by atoms with Crippen molar-refractivity contribution >= 4 is 50.3 Å². The minimum atomic E-state index is -4.48. The van der Waals surface area contributed by atoms with Gasteiger partial charge in [-0.1, -0.05) is 36.8 Å². The fourth-order valence-electron chi connectivity index (χ4n) is 3.49. The Morgan fingerprint density at radius 2 is 1.78 bits per heavy atom. The molecule has 0 spiro atoms. The molecule has 0 unspecified atom stereocenters. The van der Waals surface area contributed by atoms with Crippen LogP contribution in [0.3, 0.4) is 0 Å². The van der Waals surface area contributed by atoms with Gasteiger partial charge in [0.05, 0.1) is 21.3 Å². The van der Waals surface area contributed by atoms with Crippen molar-refractivity contribution < 1.29 is 27.5 Å². The van der Waals surface area contributed by atoms with E-state index in [2.05, 4.69) is 15.2 Å². The number of hydrogen-bond donors (Lipinski definition) is 1. The molecule has 194 valence electrons. The van der Waals surface area contributed by atoms with E-state index in [1.165, 1.54) is 12.1 Å². The number of amides is 2. The van der Waals surface area contributed by atoms with Gasteiger partial charge in [0.25, 0.3) is 5.91 Å². The molecule has 1 fully saturated rings. The Morgan fingerprint density at radius 1 is 1.11 bits per heavy atom. The van der Waals surface area contributed by atoms with Crippen molar-refractivity contribution in [2.45, 2.75) is 26.9 Å². The first-order chi connectivity index (χ1) is 17.0. The van der Waals surface area contributed by atoms with E-state index in [4.69, 9.17) is 16.3 Å². The van der Waals surface area contributed by atoms with Crippen molar-refractivity contribution in [3.05, 3.63) is 52.0 Å². The second-order valence-electron chi connectivity index (χ2n) is 7.91. The van der Waals surface area contributed by atoms with Gasteiger partial charge in [-0.2, -0.15) is 13.2 Å². The van der Waals surface area contributed by atoms with E-state index in [1.807, 2.05) is 20.9 Å². The zero-order valence-corrected chi connectivity index (χ0v) is 21.8. The molecule has 1 N–H and O–H groups in total. The lowest BCUT2D eigenvalue weighted by Gasteiger charge is -2.31. The molecule has 36 heavy (non-hydrogen) atoms. The Kier molecular flexibility index (Phi) is 8.80. The zero-order chi connectivity index (χ0) is 26.6. The maximum atomic E-state index is 13.0. The van der Waals surface area contributed by atoms with E-state index in [9.17, 15) is 22.8 Å². The number of halogens is 4. The summed E-state index contributed by atoms with van der Waals surface area (Å²) in [6, 6.07) is 6.10. The normalized spacial score (nSPS) is 14.3. The first-order valence-electron chi connectivity index (χ1n) is 11.3. The minimum Gasteiger partial charge on any atom is -0.409 e. The Bertz CT molecular complexity index is 1260. The molecule has 0 radical (unpaired) electrons. The predicted octanol–water partition coefficient (Wildman–Crippen LogP) is 6.30. The number of aryl methyl sites for hydroxylation is 1. The highest BCUT2D eigenvalue weighted by Gasteiger charge is 2.31. The van der Waals surface area contributed by atoms with Crippen LogP contribution in [0.1, 0.15) is 35.3 Å². The Labute approximate surface area is 215 Å². The molecular weight excluding hydrogens is 517 g/mol. The smallest absolute Gasteiger partial charge is 0.409 e. The van der Waals surface area contributed by atoms with Gasteiger partial charge >= 0.3 is 12.3 Å². The molecule has 0 bridgehead atoms. The quantitative estimate of drug-likeness (QED) is 0.420. The first-order valence-corrected chi connectivity index (χ1v) is 12.5. The van der Waals surface area contributed by atoms with Gasteiger partial charge in [0, 0.05) is 31.2 Å². The van der Waals surface area contributed by atoms with Crippen LogP contribution >= 0.6 is 22.9 Å². The molecule has 2 amide bonds. The number of nitrogens with zero attached hydrogens (tertiary/aromatic N) is 3. The summed E-state index contributed by atoms with van der Waals surface area (Å²) in [5, 5.41) is 2.95. The van der Waals surface area contributed by atoms with Gasteiger partial charge in [-0.15, -0.1) is 0 Å². The van der Waals surface area contributed by atoms with Crippen LogP contribution in [-0.2, 0) is 6.18 Å². The van der Waals surface area contributed by atoms with E-state index in [-0.39, 0.29) is 26.2 Å². The van der Waals surface area contributed by atoms with Crippen LogP contribution in [-0.4, -0.2) is 60.0 Å². The molecule has 1 aliphatic rings. The largest absolute Gasteiger partial charge is 0.416 e. The van der Waals surface area contributed by atoms with Gasteiger partial charge in [-0.05, 0) is 49.9 Å². The molecule has 12 heteroatoms. The highest BCUT2D eigenvalue weighted by molar-refractivity contribution is 7.22. The van der Waals surface area contributed by atoms with Gasteiger partial charge in [-0.25, -0.2) is 9.78 Å². The summed E-state index contributed by atoms with van der Waals surface area (Å²) in [7, 11) is 1.96. The molecule has 1 aromatic heterocycles. The summed E-state index contributed by atoms with van der Waals surface area (Å²) >= 11 is 7.04. The van der Waals surface area contributed by atoms with Gasteiger partial charge in [-0.3, -0.25) is 10.1 Å². The average Bonchev–Trinajstić information content (AvgIpc) is 3.23. The lowest BCUT2D eigenvalue weighted by atomic mass is 10.1. The van der Waals surface area contributed by atoms with E-state index in [1.54, 1.807) is 17.9 Å². The average molecular weight is 543 g/mol. The number of hydrogen-bond acceptors (Lipinski definition) is 6. The molecule has 0 saturated carbocycles. The van der Waals surface area contributed by atoms with Crippen LogP contribution in [0.25, 0.3) is 10.2 Å². The molecule has 2 heterocycles. The maximum Gasteiger partial charge on any atom is 0.416 e. The second-order valence-corrected chi connectivity index (χ2v) is 9.38.